The van der Waals surface area contributed by atoms with Crippen molar-refractivity contribution in [1.29, 1.82) is 0 Å². The molecule has 6 heteroatoms. The molecule has 0 aliphatic carbocycles. The third-order valence-corrected chi connectivity index (χ3v) is 2.91. The first kappa shape index (κ1) is 16.1. The Labute approximate surface area is 116 Å². The maximum Gasteiger partial charge on any atom is 0.326 e. The van der Waals surface area contributed by atoms with Crippen LogP contribution in [0.15, 0.2) is 12.1 Å². The second-order valence-electron chi connectivity index (χ2n) is 4.57. The molecule has 1 aromatic carbocycles. The molecular formula is C14H18FNO4. The number of amides is 1. The van der Waals surface area contributed by atoms with Gasteiger partial charge in [-0.15, -0.1) is 0 Å². The zero-order valence-corrected chi connectivity index (χ0v) is 11.7. The van der Waals surface area contributed by atoms with Crippen LogP contribution >= 0.6 is 0 Å². The topological polar surface area (TPSA) is 75.6 Å². The van der Waals surface area contributed by atoms with Crippen molar-refractivity contribution in [1.82, 2.24) is 5.32 Å². The van der Waals surface area contributed by atoms with E-state index in [9.17, 15) is 14.0 Å². The van der Waals surface area contributed by atoms with E-state index in [1.165, 1.54) is 19.2 Å². The summed E-state index contributed by atoms with van der Waals surface area (Å²) in [7, 11) is 1.45. The molecule has 0 saturated heterocycles. The summed E-state index contributed by atoms with van der Waals surface area (Å²) in [6, 6.07) is 1.76. The number of carboxylic acids is 1. The molecule has 1 atom stereocenters. The minimum absolute atomic E-state index is 0.163. The van der Waals surface area contributed by atoms with E-state index >= 15 is 0 Å². The van der Waals surface area contributed by atoms with Crippen molar-refractivity contribution in [2.45, 2.75) is 26.3 Å². The second-order valence-corrected chi connectivity index (χ2v) is 4.57. The molecule has 0 aromatic heterocycles. The molecule has 0 saturated carbocycles. The van der Waals surface area contributed by atoms with Crippen LogP contribution in [0.3, 0.4) is 0 Å². The lowest BCUT2D eigenvalue weighted by Crippen LogP contribution is -2.41. The monoisotopic (exact) mass is 283 g/mol. The van der Waals surface area contributed by atoms with Gasteiger partial charge in [-0.1, -0.05) is 0 Å². The van der Waals surface area contributed by atoms with Gasteiger partial charge in [0.2, 0.25) is 0 Å². The maximum absolute atomic E-state index is 13.5. The molecule has 0 spiro atoms. The van der Waals surface area contributed by atoms with Crippen LogP contribution in [0.2, 0.25) is 0 Å². The van der Waals surface area contributed by atoms with Gasteiger partial charge in [0.1, 0.15) is 11.9 Å². The first-order valence-electron chi connectivity index (χ1n) is 6.16. The molecule has 1 rings (SSSR count). The molecule has 1 amide bonds. The van der Waals surface area contributed by atoms with Crippen LogP contribution in [0.4, 0.5) is 4.39 Å². The second kappa shape index (κ2) is 7.00. The van der Waals surface area contributed by atoms with E-state index in [0.29, 0.717) is 11.1 Å². The lowest BCUT2D eigenvalue weighted by molar-refractivity contribution is -0.139. The summed E-state index contributed by atoms with van der Waals surface area (Å²) in [6.07, 6.45) is 0.163. The Morgan fingerprint density at radius 3 is 2.35 bits per heavy atom. The number of methoxy groups -OCH3 is 1. The number of carbonyl (C=O) groups excluding carboxylic acids is 1. The number of benzene rings is 1. The number of hydrogen-bond donors (Lipinski definition) is 2. The van der Waals surface area contributed by atoms with Crippen LogP contribution in [-0.4, -0.2) is 36.7 Å². The Morgan fingerprint density at radius 1 is 1.35 bits per heavy atom. The van der Waals surface area contributed by atoms with Crippen LogP contribution in [0, 0.1) is 19.7 Å². The highest BCUT2D eigenvalue weighted by Gasteiger charge is 2.21. The van der Waals surface area contributed by atoms with Gasteiger partial charge in [0.25, 0.3) is 5.91 Å². The quantitative estimate of drug-likeness (QED) is 0.832. The number of rotatable bonds is 6. The summed E-state index contributed by atoms with van der Waals surface area (Å²) in [6.45, 7) is 3.33. The number of ether oxygens (including phenoxy) is 1. The minimum Gasteiger partial charge on any atom is -0.480 e. The Kier molecular flexibility index (Phi) is 5.64. The van der Waals surface area contributed by atoms with Gasteiger partial charge in [-0.2, -0.15) is 0 Å². The van der Waals surface area contributed by atoms with Gasteiger partial charge in [0.15, 0.2) is 0 Å². The highest BCUT2D eigenvalue weighted by atomic mass is 19.1. The van der Waals surface area contributed by atoms with Crippen molar-refractivity contribution in [3.05, 3.63) is 34.6 Å². The third kappa shape index (κ3) is 4.03. The van der Waals surface area contributed by atoms with E-state index < -0.39 is 17.9 Å². The Balaban J connectivity index is 2.86. The summed E-state index contributed by atoms with van der Waals surface area (Å²) < 4.78 is 18.3. The average molecular weight is 283 g/mol. The number of aliphatic carboxylic acids is 1. The third-order valence-electron chi connectivity index (χ3n) is 2.91. The van der Waals surface area contributed by atoms with E-state index in [-0.39, 0.29) is 24.4 Å². The van der Waals surface area contributed by atoms with Crippen molar-refractivity contribution >= 4 is 11.9 Å². The minimum atomic E-state index is -1.13. The number of halogens is 1. The zero-order chi connectivity index (χ0) is 15.3. The molecule has 0 bridgehead atoms. The van der Waals surface area contributed by atoms with E-state index in [4.69, 9.17) is 9.84 Å². The van der Waals surface area contributed by atoms with Crippen molar-refractivity contribution in [2.75, 3.05) is 13.7 Å². The molecule has 0 fully saturated rings. The first-order chi connectivity index (χ1) is 9.36. The maximum atomic E-state index is 13.5. The summed E-state index contributed by atoms with van der Waals surface area (Å²) in [5.41, 5.74) is 0.933. The van der Waals surface area contributed by atoms with E-state index in [0.717, 1.165) is 0 Å². The number of hydrogen-bond acceptors (Lipinski definition) is 3. The highest BCUT2D eigenvalue weighted by Crippen LogP contribution is 2.15. The smallest absolute Gasteiger partial charge is 0.326 e. The summed E-state index contributed by atoms with van der Waals surface area (Å²) in [5.74, 6) is -2.04. The lowest BCUT2D eigenvalue weighted by Gasteiger charge is -2.14. The fourth-order valence-electron chi connectivity index (χ4n) is 1.81. The van der Waals surface area contributed by atoms with E-state index in [2.05, 4.69) is 5.32 Å². The summed E-state index contributed by atoms with van der Waals surface area (Å²) >= 11 is 0. The van der Waals surface area contributed by atoms with Crippen molar-refractivity contribution in [3.8, 4) is 0 Å². The van der Waals surface area contributed by atoms with Gasteiger partial charge in [-0.25, -0.2) is 9.18 Å². The molecule has 2 N–H and O–H groups in total. The fraction of sp³-hybridized carbons (Fsp3) is 0.429. The predicted molar refractivity (Wildman–Crippen MR) is 71.3 cm³/mol. The van der Waals surface area contributed by atoms with E-state index in [1.807, 2.05) is 0 Å². The molecule has 1 unspecified atom stereocenters. The number of nitrogens with one attached hydrogen (secondary N) is 1. The standard InChI is InChI=1S/C14H18FNO4/c1-8-6-10(7-9(2)12(8)15)13(17)16-11(14(18)19)4-5-20-3/h6-7,11H,4-5H2,1-3H3,(H,16,17)(H,18,19). The van der Waals surface area contributed by atoms with Crippen molar-refractivity contribution in [2.24, 2.45) is 0 Å². The first-order valence-corrected chi connectivity index (χ1v) is 6.16. The molecule has 0 radical (unpaired) electrons. The van der Waals surface area contributed by atoms with Crippen molar-refractivity contribution < 1.29 is 23.8 Å². The molecule has 1 aromatic rings. The Hall–Kier alpha value is -1.95. The van der Waals surface area contributed by atoms with Crippen LogP contribution in [0.5, 0.6) is 0 Å². The summed E-state index contributed by atoms with van der Waals surface area (Å²) in [4.78, 5) is 23.0. The Bertz CT molecular complexity index is 493. The largest absolute Gasteiger partial charge is 0.480 e. The average Bonchev–Trinajstić information content (AvgIpc) is 2.39. The van der Waals surface area contributed by atoms with Crippen LogP contribution < -0.4 is 5.32 Å². The van der Waals surface area contributed by atoms with Gasteiger partial charge < -0.3 is 15.2 Å². The molecule has 110 valence electrons. The normalized spacial score (nSPS) is 12.0. The highest BCUT2D eigenvalue weighted by molar-refractivity contribution is 5.96. The van der Waals surface area contributed by atoms with Crippen LogP contribution in [-0.2, 0) is 9.53 Å². The molecule has 0 aliphatic heterocycles. The van der Waals surface area contributed by atoms with Gasteiger partial charge in [-0.05, 0) is 37.1 Å². The zero-order valence-electron chi connectivity index (χ0n) is 11.7. The molecule has 20 heavy (non-hydrogen) atoms. The number of aryl methyl sites for hydroxylation is 2. The van der Waals surface area contributed by atoms with Crippen LogP contribution in [0.25, 0.3) is 0 Å². The van der Waals surface area contributed by atoms with Gasteiger partial charge >= 0.3 is 5.97 Å². The van der Waals surface area contributed by atoms with Gasteiger partial charge in [0.05, 0.1) is 0 Å². The Morgan fingerprint density at radius 2 is 1.90 bits per heavy atom. The molecule has 0 heterocycles. The molecular weight excluding hydrogens is 265 g/mol. The van der Waals surface area contributed by atoms with Gasteiger partial charge in [-0.3, -0.25) is 4.79 Å². The predicted octanol–water partition coefficient (Wildman–Crippen LogP) is 1.66. The molecule has 5 nitrogen and oxygen atoms in total. The van der Waals surface area contributed by atoms with Gasteiger partial charge in [0, 0.05) is 25.7 Å². The van der Waals surface area contributed by atoms with Crippen LogP contribution in [0.1, 0.15) is 27.9 Å². The molecule has 0 aliphatic rings. The van der Waals surface area contributed by atoms with Crippen molar-refractivity contribution in [3.63, 3.8) is 0 Å². The fourth-order valence-corrected chi connectivity index (χ4v) is 1.81. The number of carboxylic acid groups (broad SMARTS) is 1. The summed E-state index contributed by atoms with van der Waals surface area (Å²) in [5, 5.41) is 11.4. The van der Waals surface area contributed by atoms with E-state index in [1.54, 1.807) is 13.8 Å². The number of carbonyl (C=O) groups is 2. The SMILES string of the molecule is COCCC(NC(=O)c1cc(C)c(F)c(C)c1)C(=O)O. The lowest BCUT2D eigenvalue weighted by atomic mass is 10.1.